The number of hydrogen-bond acceptors (Lipinski definition) is 3. The maximum absolute atomic E-state index is 10.6. The first-order valence-electron chi connectivity index (χ1n) is 5.33. The highest BCUT2D eigenvalue weighted by Crippen LogP contribution is 2.16. The summed E-state index contributed by atoms with van der Waals surface area (Å²) >= 11 is 0. The number of carbonyl (C=O) groups is 1. The third kappa shape index (κ3) is 2.73. The van der Waals surface area contributed by atoms with Gasteiger partial charge in [-0.25, -0.2) is 4.79 Å². The topological polar surface area (TPSA) is 55.8 Å². The number of benzene rings is 1. The van der Waals surface area contributed by atoms with Crippen LogP contribution in [0, 0.1) is 0 Å². The number of rotatable bonds is 4. The van der Waals surface area contributed by atoms with E-state index < -0.39 is 5.97 Å². The molecule has 0 unspecified atom stereocenters. The molecule has 86 valence electrons. The second kappa shape index (κ2) is 4.99. The molecule has 1 N–H and O–H groups in total. The molecule has 1 heterocycles. The average molecular weight is 222 g/mol. The van der Waals surface area contributed by atoms with Crippen LogP contribution in [0.1, 0.15) is 23.2 Å². The molecule has 1 aromatic rings. The van der Waals surface area contributed by atoms with E-state index in [1.54, 1.807) is 12.1 Å². The molecule has 0 aliphatic carbocycles. The molecule has 1 aliphatic rings. The smallest absolute Gasteiger partial charge is 0.335 e. The molecule has 0 radical (unpaired) electrons. The second-order valence-corrected chi connectivity index (χ2v) is 3.78. The van der Waals surface area contributed by atoms with Crippen molar-refractivity contribution in [1.82, 2.24) is 0 Å². The first kappa shape index (κ1) is 11.0. The summed E-state index contributed by atoms with van der Waals surface area (Å²) in [6, 6.07) is 6.40. The molecule has 1 saturated heterocycles. The van der Waals surface area contributed by atoms with Crippen molar-refractivity contribution in [3.05, 3.63) is 29.8 Å². The molecule has 4 nitrogen and oxygen atoms in total. The molecule has 0 saturated carbocycles. The Morgan fingerprint density at radius 3 is 2.75 bits per heavy atom. The first-order valence-corrected chi connectivity index (χ1v) is 5.33. The number of carboxylic acid groups (broad SMARTS) is 1. The van der Waals surface area contributed by atoms with Crippen LogP contribution in [-0.4, -0.2) is 30.4 Å². The van der Waals surface area contributed by atoms with Gasteiger partial charge in [0.2, 0.25) is 0 Å². The van der Waals surface area contributed by atoms with Crippen molar-refractivity contribution in [1.29, 1.82) is 0 Å². The van der Waals surface area contributed by atoms with Gasteiger partial charge in [-0.3, -0.25) is 0 Å². The summed E-state index contributed by atoms with van der Waals surface area (Å²) < 4.78 is 10.9. The maximum Gasteiger partial charge on any atom is 0.335 e. The van der Waals surface area contributed by atoms with E-state index in [9.17, 15) is 4.79 Å². The van der Waals surface area contributed by atoms with Gasteiger partial charge in [-0.05, 0) is 37.1 Å². The minimum atomic E-state index is -0.925. The maximum atomic E-state index is 10.6. The third-order valence-electron chi connectivity index (χ3n) is 2.56. The Balaban J connectivity index is 1.87. The standard InChI is InChI=1S/C12H14O4/c13-12(14)9-3-5-10(6-4-9)16-8-11-2-1-7-15-11/h3-6,11H,1-2,7-8H2,(H,13,14)/t11-/m1/s1. The van der Waals surface area contributed by atoms with Gasteiger partial charge >= 0.3 is 5.97 Å². The lowest BCUT2D eigenvalue weighted by molar-refractivity contribution is 0.0675. The van der Waals surface area contributed by atoms with Crippen LogP contribution in [0.4, 0.5) is 0 Å². The number of aromatic carboxylic acids is 1. The Morgan fingerprint density at radius 2 is 2.19 bits per heavy atom. The summed E-state index contributed by atoms with van der Waals surface area (Å²) in [5, 5.41) is 8.72. The van der Waals surface area contributed by atoms with Crippen LogP contribution in [0.2, 0.25) is 0 Å². The van der Waals surface area contributed by atoms with Crippen LogP contribution < -0.4 is 4.74 Å². The van der Waals surface area contributed by atoms with Gasteiger partial charge in [-0.2, -0.15) is 0 Å². The zero-order chi connectivity index (χ0) is 11.4. The summed E-state index contributed by atoms with van der Waals surface area (Å²) in [6.45, 7) is 1.35. The lowest BCUT2D eigenvalue weighted by Gasteiger charge is -2.11. The average Bonchev–Trinajstić information content (AvgIpc) is 2.80. The number of ether oxygens (including phenoxy) is 2. The summed E-state index contributed by atoms with van der Waals surface area (Å²) in [4.78, 5) is 10.6. The fraction of sp³-hybridized carbons (Fsp3) is 0.417. The number of carboxylic acids is 1. The molecular formula is C12H14O4. The summed E-state index contributed by atoms with van der Waals surface area (Å²) in [6.07, 6.45) is 2.30. The van der Waals surface area contributed by atoms with Gasteiger partial charge in [-0.1, -0.05) is 0 Å². The minimum absolute atomic E-state index is 0.180. The molecule has 0 amide bonds. The van der Waals surface area contributed by atoms with Crippen LogP contribution >= 0.6 is 0 Å². The molecule has 1 aliphatic heterocycles. The van der Waals surface area contributed by atoms with Crippen LogP contribution in [0.3, 0.4) is 0 Å². The lowest BCUT2D eigenvalue weighted by atomic mass is 10.2. The van der Waals surface area contributed by atoms with E-state index >= 15 is 0 Å². The van der Waals surface area contributed by atoms with Gasteiger partial charge in [0.1, 0.15) is 12.4 Å². The number of hydrogen-bond donors (Lipinski definition) is 1. The van der Waals surface area contributed by atoms with Crippen molar-refractivity contribution in [3.63, 3.8) is 0 Å². The van der Waals surface area contributed by atoms with Crippen LogP contribution in [0.15, 0.2) is 24.3 Å². The zero-order valence-electron chi connectivity index (χ0n) is 8.89. The zero-order valence-corrected chi connectivity index (χ0v) is 8.89. The molecular weight excluding hydrogens is 208 g/mol. The van der Waals surface area contributed by atoms with E-state index in [1.165, 1.54) is 12.1 Å². The normalized spacial score (nSPS) is 19.6. The van der Waals surface area contributed by atoms with Crippen LogP contribution in [0.25, 0.3) is 0 Å². The minimum Gasteiger partial charge on any atom is -0.491 e. The second-order valence-electron chi connectivity index (χ2n) is 3.78. The highest BCUT2D eigenvalue weighted by molar-refractivity contribution is 5.87. The largest absolute Gasteiger partial charge is 0.491 e. The Hall–Kier alpha value is -1.55. The van der Waals surface area contributed by atoms with Crippen molar-refractivity contribution >= 4 is 5.97 Å². The van der Waals surface area contributed by atoms with Gasteiger partial charge in [0.15, 0.2) is 0 Å². The Morgan fingerprint density at radius 1 is 1.44 bits per heavy atom. The van der Waals surface area contributed by atoms with Gasteiger partial charge < -0.3 is 14.6 Å². The van der Waals surface area contributed by atoms with Crippen molar-refractivity contribution < 1.29 is 19.4 Å². The molecule has 0 bridgehead atoms. The molecule has 16 heavy (non-hydrogen) atoms. The monoisotopic (exact) mass is 222 g/mol. The van der Waals surface area contributed by atoms with Gasteiger partial charge in [-0.15, -0.1) is 0 Å². The van der Waals surface area contributed by atoms with Crippen molar-refractivity contribution in [2.45, 2.75) is 18.9 Å². The summed E-state index contributed by atoms with van der Waals surface area (Å²) in [5.41, 5.74) is 0.268. The fourth-order valence-corrected chi connectivity index (χ4v) is 1.66. The molecule has 1 aromatic carbocycles. The van der Waals surface area contributed by atoms with Gasteiger partial charge in [0.25, 0.3) is 0 Å². The molecule has 0 spiro atoms. The molecule has 1 fully saturated rings. The lowest BCUT2D eigenvalue weighted by Crippen LogP contribution is -2.16. The van der Waals surface area contributed by atoms with E-state index in [1.807, 2.05) is 0 Å². The van der Waals surface area contributed by atoms with Gasteiger partial charge in [0, 0.05) is 6.61 Å². The van der Waals surface area contributed by atoms with Crippen molar-refractivity contribution in [2.75, 3.05) is 13.2 Å². The quantitative estimate of drug-likeness (QED) is 0.845. The summed E-state index contributed by atoms with van der Waals surface area (Å²) in [5.74, 6) is -0.244. The molecule has 2 rings (SSSR count). The van der Waals surface area contributed by atoms with E-state index in [4.69, 9.17) is 14.6 Å². The molecule has 0 aromatic heterocycles. The van der Waals surface area contributed by atoms with Crippen LogP contribution in [0.5, 0.6) is 5.75 Å². The Bertz CT molecular complexity index is 352. The SMILES string of the molecule is O=C(O)c1ccc(OC[C@H]2CCCO2)cc1. The summed E-state index contributed by atoms with van der Waals surface area (Å²) in [7, 11) is 0. The fourth-order valence-electron chi connectivity index (χ4n) is 1.66. The highest BCUT2D eigenvalue weighted by Gasteiger charge is 2.15. The van der Waals surface area contributed by atoms with Crippen molar-refractivity contribution in [2.24, 2.45) is 0 Å². The Labute approximate surface area is 93.8 Å². The predicted molar refractivity (Wildman–Crippen MR) is 57.9 cm³/mol. The van der Waals surface area contributed by atoms with Crippen molar-refractivity contribution in [3.8, 4) is 5.75 Å². The van der Waals surface area contributed by atoms with Gasteiger partial charge in [0.05, 0.1) is 11.7 Å². The molecule has 4 heteroatoms. The van der Waals surface area contributed by atoms with E-state index in [0.29, 0.717) is 12.4 Å². The molecule has 1 atom stereocenters. The highest BCUT2D eigenvalue weighted by atomic mass is 16.5. The third-order valence-corrected chi connectivity index (χ3v) is 2.56. The Kier molecular flexibility index (Phi) is 3.41. The van der Waals surface area contributed by atoms with Crippen LogP contribution in [-0.2, 0) is 4.74 Å². The predicted octanol–water partition coefficient (Wildman–Crippen LogP) is 1.94. The van der Waals surface area contributed by atoms with E-state index in [0.717, 1.165) is 19.4 Å². The first-order chi connectivity index (χ1) is 7.75. The van der Waals surface area contributed by atoms with E-state index in [2.05, 4.69) is 0 Å². The van der Waals surface area contributed by atoms with E-state index in [-0.39, 0.29) is 11.7 Å².